The molecule has 0 heterocycles. The van der Waals surface area contributed by atoms with Gasteiger partial charge in [0.05, 0.1) is 6.10 Å². The van der Waals surface area contributed by atoms with Crippen LogP contribution in [0, 0.1) is 34.0 Å². The van der Waals surface area contributed by atoms with Crippen molar-refractivity contribution < 1.29 is 29.6 Å². The highest BCUT2D eigenvalue weighted by atomic mass is 16.6. The summed E-state index contributed by atoms with van der Waals surface area (Å²) < 4.78 is 5.79. The molecule has 8 atom stereocenters. The molecule has 0 aromatic carbocycles. The Morgan fingerprint density at radius 3 is 2.50 bits per heavy atom. The largest absolute Gasteiger partial charge is 0.460 e. The molecule has 0 aromatic heterocycles. The molecule has 3 aliphatic rings. The first kappa shape index (κ1) is 21.7. The molecule has 160 valence electrons. The smallest absolute Gasteiger partial charge is 0.332 e. The second kappa shape index (κ2) is 7.37. The second-order valence-corrected chi connectivity index (χ2v) is 10.0. The molecule has 2 unspecified atom stereocenters. The molecule has 0 spiro atoms. The summed E-state index contributed by atoms with van der Waals surface area (Å²) in [5.74, 6) is -1.10. The van der Waals surface area contributed by atoms with E-state index in [1.54, 1.807) is 0 Å². The Morgan fingerprint density at radius 2 is 1.93 bits per heavy atom. The van der Waals surface area contributed by atoms with Gasteiger partial charge >= 0.3 is 5.97 Å². The Morgan fingerprint density at radius 1 is 1.25 bits per heavy atom. The lowest BCUT2D eigenvalue weighted by Crippen LogP contribution is -2.64. The van der Waals surface area contributed by atoms with Crippen molar-refractivity contribution in [2.24, 2.45) is 34.0 Å². The number of ketones is 1. The van der Waals surface area contributed by atoms with Gasteiger partial charge in [0.1, 0.15) is 18.5 Å². The van der Waals surface area contributed by atoms with E-state index in [1.165, 1.54) is 0 Å². The average Bonchev–Trinajstić information content (AvgIpc) is 3.02. The quantitative estimate of drug-likeness (QED) is 0.629. The Balaban J connectivity index is 2.22. The summed E-state index contributed by atoms with van der Waals surface area (Å²) in [6, 6.07) is 0. The van der Waals surface area contributed by atoms with Gasteiger partial charge in [0.25, 0.3) is 0 Å². The summed E-state index contributed by atoms with van der Waals surface area (Å²) in [5, 5.41) is 31.1. The van der Waals surface area contributed by atoms with E-state index < -0.39 is 41.0 Å². The number of carbonyl (C=O) groups excluding carboxylic acids is 2. The van der Waals surface area contributed by atoms with Crippen molar-refractivity contribution in [2.45, 2.75) is 78.4 Å². The van der Waals surface area contributed by atoms with Crippen LogP contribution in [0.1, 0.15) is 66.2 Å². The molecule has 0 amide bonds. The third-order valence-corrected chi connectivity index (χ3v) is 9.05. The first-order chi connectivity index (χ1) is 13.1. The number of hydrogen-bond donors (Lipinski definition) is 3. The molecule has 3 rings (SSSR count). The predicted octanol–water partition coefficient (Wildman–Crippen LogP) is 2.08. The van der Waals surface area contributed by atoms with Gasteiger partial charge in [-0.25, -0.2) is 4.79 Å². The standard InChI is InChI=1S/C22H36O6/c1-5-20(3)10-16(28-17(26)12-24)21(4)13(2)6-8-22(14(11-23)19(20)27)9-7-15(25)18(21)22/h13-14,16,18-19,23-24,27H,5-12H2,1-4H3/t13-,14-,16-,18?,19+,20-,21+,22?/m1/s1. The van der Waals surface area contributed by atoms with Crippen molar-refractivity contribution in [3.63, 3.8) is 0 Å². The molecule has 6 heteroatoms. The molecule has 3 aliphatic carbocycles. The number of esters is 1. The molecule has 2 bridgehead atoms. The van der Waals surface area contributed by atoms with Crippen LogP contribution in [0.3, 0.4) is 0 Å². The zero-order chi connectivity index (χ0) is 20.9. The predicted molar refractivity (Wildman–Crippen MR) is 103 cm³/mol. The Kier molecular flexibility index (Phi) is 5.72. The number of Topliss-reactive ketones (excluding diaryl/α,β-unsaturated/α-hetero) is 1. The molecule has 3 N–H and O–H groups in total. The molecule has 0 aromatic rings. The number of aliphatic hydroxyl groups is 3. The van der Waals surface area contributed by atoms with Gasteiger partial charge in [-0.2, -0.15) is 0 Å². The van der Waals surface area contributed by atoms with E-state index in [4.69, 9.17) is 4.74 Å². The summed E-state index contributed by atoms with van der Waals surface area (Å²) in [7, 11) is 0. The van der Waals surface area contributed by atoms with Crippen molar-refractivity contribution >= 4 is 11.8 Å². The fraction of sp³-hybridized carbons (Fsp3) is 0.909. The van der Waals surface area contributed by atoms with Crippen LogP contribution in [-0.4, -0.2) is 52.5 Å². The summed E-state index contributed by atoms with van der Waals surface area (Å²) in [6.07, 6.45) is 2.49. The summed E-state index contributed by atoms with van der Waals surface area (Å²) >= 11 is 0. The first-order valence-corrected chi connectivity index (χ1v) is 10.7. The lowest BCUT2D eigenvalue weighted by Gasteiger charge is -2.62. The van der Waals surface area contributed by atoms with E-state index in [0.29, 0.717) is 25.7 Å². The van der Waals surface area contributed by atoms with Crippen molar-refractivity contribution in [1.29, 1.82) is 0 Å². The third-order valence-electron chi connectivity index (χ3n) is 9.05. The highest BCUT2D eigenvalue weighted by Gasteiger charge is 2.69. The van der Waals surface area contributed by atoms with E-state index in [-0.39, 0.29) is 30.1 Å². The van der Waals surface area contributed by atoms with Crippen LogP contribution in [0.25, 0.3) is 0 Å². The van der Waals surface area contributed by atoms with Crippen molar-refractivity contribution in [3.05, 3.63) is 0 Å². The summed E-state index contributed by atoms with van der Waals surface area (Å²) in [4.78, 5) is 25.3. The van der Waals surface area contributed by atoms with Crippen LogP contribution < -0.4 is 0 Å². The highest BCUT2D eigenvalue weighted by molar-refractivity contribution is 5.85. The Labute approximate surface area is 167 Å². The van der Waals surface area contributed by atoms with Gasteiger partial charge in [-0.05, 0) is 48.9 Å². The maximum absolute atomic E-state index is 13.2. The number of carbonyl (C=O) groups is 2. The fourth-order valence-electron chi connectivity index (χ4n) is 6.93. The van der Waals surface area contributed by atoms with Crippen molar-refractivity contribution in [3.8, 4) is 0 Å². The van der Waals surface area contributed by atoms with Crippen LogP contribution in [0.5, 0.6) is 0 Å². The maximum atomic E-state index is 13.2. The third kappa shape index (κ3) is 2.86. The lowest BCUT2D eigenvalue weighted by molar-refractivity contribution is -0.219. The van der Waals surface area contributed by atoms with Crippen LogP contribution in [-0.2, 0) is 14.3 Å². The SMILES string of the molecule is CC[C@]1(C)C[C@@H](OC(=O)CO)[C@@]2(C)C3C(=O)CCC3(CC[C@H]2C)[C@H](CO)[C@@H]1O. The molecule has 3 saturated carbocycles. The number of rotatable bonds is 4. The van der Waals surface area contributed by atoms with E-state index in [9.17, 15) is 24.9 Å². The summed E-state index contributed by atoms with van der Waals surface area (Å²) in [5.41, 5.74) is -1.61. The van der Waals surface area contributed by atoms with Crippen LogP contribution in [0.15, 0.2) is 0 Å². The minimum absolute atomic E-state index is 0.147. The molecule has 28 heavy (non-hydrogen) atoms. The minimum atomic E-state index is -0.788. The molecular formula is C22H36O6. The van der Waals surface area contributed by atoms with Crippen molar-refractivity contribution in [1.82, 2.24) is 0 Å². The lowest BCUT2D eigenvalue weighted by atomic mass is 9.43. The van der Waals surface area contributed by atoms with Gasteiger partial charge < -0.3 is 20.1 Å². The van der Waals surface area contributed by atoms with Gasteiger partial charge in [0, 0.05) is 30.3 Å². The zero-order valence-electron chi connectivity index (χ0n) is 17.6. The topological polar surface area (TPSA) is 104 Å². The Hall–Kier alpha value is -0.980. The van der Waals surface area contributed by atoms with Crippen LogP contribution in [0.2, 0.25) is 0 Å². The molecule has 3 fully saturated rings. The van der Waals surface area contributed by atoms with Gasteiger partial charge in [-0.15, -0.1) is 0 Å². The fourth-order valence-corrected chi connectivity index (χ4v) is 6.93. The highest BCUT2D eigenvalue weighted by Crippen LogP contribution is 2.68. The van der Waals surface area contributed by atoms with Gasteiger partial charge in [0.15, 0.2) is 0 Å². The summed E-state index contributed by atoms with van der Waals surface area (Å²) in [6.45, 7) is 7.31. The Bertz CT molecular complexity index is 635. The maximum Gasteiger partial charge on any atom is 0.332 e. The van der Waals surface area contributed by atoms with E-state index in [2.05, 4.69) is 13.8 Å². The van der Waals surface area contributed by atoms with E-state index in [1.807, 2.05) is 13.8 Å². The molecule has 0 aliphatic heterocycles. The zero-order valence-corrected chi connectivity index (χ0v) is 17.6. The molecule has 0 radical (unpaired) electrons. The normalized spacial score (nSPS) is 48.5. The number of ether oxygens (including phenoxy) is 1. The minimum Gasteiger partial charge on any atom is -0.460 e. The monoisotopic (exact) mass is 396 g/mol. The average molecular weight is 397 g/mol. The van der Waals surface area contributed by atoms with Crippen LogP contribution in [0.4, 0.5) is 0 Å². The molecule has 0 saturated heterocycles. The van der Waals surface area contributed by atoms with E-state index >= 15 is 0 Å². The first-order valence-electron chi connectivity index (χ1n) is 10.7. The second-order valence-electron chi connectivity index (χ2n) is 10.0. The van der Waals surface area contributed by atoms with E-state index in [0.717, 1.165) is 12.8 Å². The van der Waals surface area contributed by atoms with Gasteiger partial charge in [0.2, 0.25) is 0 Å². The van der Waals surface area contributed by atoms with Crippen LogP contribution >= 0.6 is 0 Å². The number of hydrogen-bond acceptors (Lipinski definition) is 6. The van der Waals surface area contributed by atoms with Gasteiger partial charge in [-0.1, -0.05) is 27.7 Å². The molecular weight excluding hydrogens is 360 g/mol. The van der Waals surface area contributed by atoms with Crippen molar-refractivity contribution in [2.75, 3.05) is 13.2 Å². The number of aliphatic hydroxyl groups excluding tert-OH is 3. The van der Waals surface area contributed by atoms with Gasteiger partial charge in [-0.3, -0.25) is 4.79 Å². The molecule has 6 nitrogen and oxygen atoms in total.